The number of halogens is 1. The number of benzene rings is 1. The Bertz CT molecular complexity index is 605. The molecule has 0 amide bonds. The molecule has 0 bridgehead atoms. The zero-order chi connectivity index (χ0) is 14.4. The largest absolute Gasteiger partial charge is 0.374 e. The predicted molar refractivity (Wildman–Crippen MR) is 91.6 cm³/mol. The van der Waals surface area contributed by atoms with E-state index < -0.39 is 8.24 Å². The van der Waals surface area contributed by atoms with E-state index in [9.17, 15) is 0 Å². The molecule has 1 aromatic heterocycles. The highest BCUT2D eigenvalue weighted by atomic mass is 79.9. The van der Waals surface area contributed by atoms with Gasteiger partial charge in [0, 0.05) is 15.4 Å². The van der Waals surface area contributed by atoms with Gasteiger partial charge in [0.05, 0.1) is 0 Å². The Kier molecular flexibility index (Phi) is 3.74. The van der Waals surface area contributed by atoms with Gasteiger partial charge in [-0.15, -0.1) is 0 Å². The first-order valence-corrected chi connectivity index (χ1v) is 10.7. The monoisotopic (exact) mass is 337 g/mol. The molecular formula is C16H24BrNSi. The van der Waals surface area contributed by atoms with Gasteiger partial charge in [-0.1, -0.05) is 62.8 Å². The lowest BCUT2D eigenvalue weighted by atomic mass is 10.1. The summed E-state index contributed by atoms with van der Waals surface area (Å²) >= 11 is 3.62. The second-order valence-corrected chi connectivity index (χ2v) is 12.9. The Morgan fingerprint density at radius 2 is 1.84 bits per heavy atom. The Hall–Kier alpha value is -0.543. The van der Waals surface area contributed by atoms with Crippen molar-refractivity contribution in [3.63, 3.8) is 0 Å². The Morgan fingerprint density at radius 1 is 1.21 bits per heavy atom. The van der Waals surface area contributed by atoms with Gasteiger partial charge in [-0.3, -0.25) is 0 Å². The highest BCUT2D eigenvalue weighted by Gasteiger charge is 2.38. The number of aryl methyl sites for hydroxylation is 1. The average molecular weight is 338 g/mol. The predicted octanol–water partition coefficient (Wildman–Crippen LogP) is 5.82. The second-order valence-electron chi connectivity index (χ2n) is 6.85. The molecule has 2 aromatic rings. The summed E-state index contributed by atoms with van der Waals surface area (Å²) in [5, 5.41) is 1.75. The average Bonchev–Trinajstić information content (AvgIpc) is 2.65. The maximum atomic E-state index is 3.62. The van der Waals surface area contributed by atoms with Crippen molar-refractivity contribution in [2.75, 3.05) is 0 Å². The van der Waals surface area contributed by atoms with Crippen molar-refractivity contribution in [3.8, 4) is 0 Å². The third kappa shape index (κ3) is 2.43. The highest BCUT2D eigenvalue weighted by Crippen LogP contribution is 2.40. The van der Waals surface area contributed by atoms with Gasteiger partial charge in [-0.2, -0.15) is 0 Å². The molecule has 0 spiro atoms. The van der Waals surface area contributed by atoms with E-state index in [-0.39, 0.29) is 0 Å². The fourth-order valence-electron chi connectivity index (χ4n) is 2.38. The number of nitrogens with zero attached hydrogens (tertiary/aromatic N) is 1. The van der Waals surface area contributed by atoms with Crippen molar-refractivity contribution in [1.82, 2.24) is 4.23 Å². The van der Waals surface area contributed by atoms with Gasteiger partial charge in [-0.05, 0) is 35.4 Å². The van der Waals surface area contributed by atoms with Crippen LogP contribution in [0.3, 0.4) is 0 Å². The third-order valence-corrected chi connectivity index (χ3v) is 10.4. The van der Waals surface area contributed by atoms with Gasteiger partial charge in [0.2, 0.25) is 0 Å². The maximum absolute atomic E-state index is 3.62. The van der Waals surface area contributed by atoms with Crippen LogP contribution in [0.4, 0.5) is 0 Å². The lowest BCUT2D eigenvalue weighted by molar-refractivity contribution is 0.702. The van der Waals surface area contributed by atoms with Crippen LogP contribution in [-0.4, -0.2) is 12.5 Å². The summed E-state index contributed by atoms with van der Waals surface area (Å²) in [5.74, 6) is 0. The first-order chi connectivity index (χ1) is 8.68. The van der Waals surface area contributed by atoms with Crippen molar-refractivity contribution in [2.45, 2.75) is 52.2 Å². The lowest BCUT2D eigenvalue weighted by Crippen LogP contribution is -2.44. The summed E-state index contributed by atoms with van der Waals surface area (Å²) in [6, 6.07) is 6.67. The minimum absolute atomic E-state index is 0.340. The van der Waals surface area contributed by atoms with Crippen LogP contribution in [0.25, 0.3) is 10.9 Å². The molecule has 1 heterocycles. The van der Waals surface area contributed by atoms with Crippen molar-refractivity contribution in [3.05, 3.63) is 34.4 Å². The van der Waals surface area contributed by atoms with Crippen molar-refractivity contribution >= 4 is 35.1 Å². The molecule has 1 nitrogen and oxygen atoms in total. The molecule has 1 aromatic carbocycles. The van der Waals surface area contributed by atoms with E-state index in [1.165, 1.54) is 20.9 Å². The zero-order valence-corrected chi connectivity index (χ0v) is 15.4. The summed E-state index contributed by atoms with van der Waals surface area (Å²) in [5.41, 5.74) is 2.85. The quantitative estimate of drug-likeness (QED) is 0.608. The highest BCUT2D eigenvalue weighted by molar-refractivity contribution is 9.10. The molecule has 3 heteroatoms. The minimum Gasteiger partial charge on any atom is -0.374 e. The molecule has 0 unspecified atom stereocenters. The molecule has 0 atom stereocenters. The SMILES string of the molecule is CCc1cn([Si](C)(C)C(C)(C)C)c2cc(Br)ccc12. The normalized spacial score (nSPS) is 13.2. The van der Waals surface area contributed by atoms with Gasteiger partial charge in [0.15, 0.2) is 8.24 Å². The van der Waals surface area contributed by atoms with Crippen molar-refractivity contribution in [1.29, 1.82) is 0 Å². The zero-order valence-electron chi connectivity index (χ0n) is 12.8. The van der Waals surface area contributed by atoms with E-state index >= 15 is 0 Å². The third-order valence-electron chi connectivity index (χ3n) is 4.67. The van der Waals surface area contributed by atoms with Crippen LogP contribution in [0.1, 0.15) is 33.3 Å². The number of rotatable bonds is 2. The second kappa shape index (κ2) is 4.78. The Morgan fingerprint density at radius 3 is 2.37 bits per heavy atom. The fraction of sp³-hybridized carbons (Fsp3) is 0.500. The van der Waals surface area contributed by atoms with Crippen molar-refractivity contribution < 1.29 is 0 Å². The molecule has 0 N–H and O–H groups in total. The molecule has 0 fully saturated rings. The number of fused-ring (bicyclic) bond motifs is 1. The summed E-state index contributed by atoms with van der Waals surface area (Å²) in [4.78, 5) is 0. The van der Waals surface area contributed by atoms with Crippen LogP contribution in [0.5, 0.6) is 0 Å². The summed E-state index contributed by atoms with van der Waals surface area (Å²) in [7, 11) is -1.57. The summed E-state index contributed by atoms with van der Waals surface area (Å²) in [6.45, 7) is 14.3. The van der Waals surface area contributed by atoms with Gasteiger partial charge in [0.1, 0.15) is 0 Å². The molecule has 0 saturated carbocycles. The van der Waals surface area contributed by atoms with Gasteiger partial charge in [0.25, 0.3) is 0 Å². The van der Waals surface area contributed by atoms with Gasteiger partial charge in [-0.25, -0.2) is 0 Å². The smallest absolute Gasteiger partial charge is 0.161 e. The molecule has 0 aliphatic rings. The maximum Gasteiger partial charge on any atom is 0.161 e. The van der Waals surface area contributed by atoms with E-state index in [1.54, 1.807) is 0 Å². The lowest BCUT2D eigenvalue weighted by Gasteiger charge is -2.38. The van der Waals surface area contributed by atoms with Crippen LogP contribution >= 0.6 is 15.9 Å². The number of aromatic nitrogens is 1. The van der Waals surface area contributed by atoms with Crippen LogP contribution in [0.15, 0.2) is 28.9 Å². The van der Waals surface area contributed by atoms with E-state index in [2.05, 4.69) is 85.3 Å². The standard InChI is InChI=1S/C16H24BrNSi/c1-7-12-11-18(19(5,6)16(2,3)4)15-10-13(17)8-9-14(12)15/h8-11H,7H2,1-6H3. The Labute approximate surface area is 126 Å². The van der Waals surface area contributed by atoms with E-state index in [4.69, 9.17) is 0 Å². The van der Waals surface area contributed by atoms with Crippen LogP contribution in [0.2, 0.25) is 18.1 Å². The molecular weight excluding hydrogens is 314 g/mol. The Balaban J connectivity index is 2.77. The van der Waals surface area contributed by atoms with Gasteiger partial charge >= 0.3 is 0 Å². The van der Waals surface area contributed by atoms with E-state index in [1.807, 2.05) is 0 Å². The molecule has 0 saturated heterocycles. The molecule has 0 radical (unpaired) electrons. The first kappa shape index (κ1) is 14.9. The summed E-state index contributed by atoms with van der Waals surface area (Å²) < 4.78 is 3.76. The topological polar surface area (TPSA) is 4.93 Å². The molecule has 104 valence electrons. The molecule has 0 aliphatic heterocycles. The summed E-state index contributed by atoms with van der Waals surface area (Å²) in [6.07, 6.45) is 3.49. The van der Waals surface area contributed by atoms with Crippen molar-refractivity contribution in [2.24, 2.45) is 0 Å². The van der Waals surface area contributed by atoms with E-state index in [0.29, 0.717) is 5.04 Å². The van der Waals surface area contributed by atoms with Crippen LogP contribution in [-0.2, 0) is 6.42 Å². The van der Waals surface area contributed by atoms with Gasteiger partial charge < -0.3 is 4.23 Å². The molecule has 19 heavy (non-hydrogen) atoms. The van der Waals surface area contributed by atoms with E-state index in [0.717, 1.165) is 6.42 Å². The fourth-order valence-corrected chi connectivity index (χ4v) is 4.71. The molecule has 0 aliphatic carbocycles. The first-order valence-electron chi connectivity index (χ1n) is 6.98. The van der Waals surface area contributed by atoms with Crippen LogP contribution in [0, 0.1) is 0 Å². The number of hydrogen-bond donors (Lipinski definition) is 0. The molecule has 2 rings (SSSR count). The number of hydrogen-bond acceptors (Lipinski definition) is 0. The van der Waals surface area contributed by atoms with Crippen LogP contribution < -0.4 is 0 Å². The minimum atomic E-state index is -1.57.